The van der Waals surface area contributed by atoms with Gasteiger partial charge in [0.25, 0.3) is 0 Å². The summed E-state index contributed by atoms with van der Waals surface area (Å²) in [5, 5.41) is 8.89. The van der Waals surface area contributed by atoms with Crippen molar-refractivity contribution in [2.45, 2.75) is 32.5 Å². The summed E-state index contributed by atoms with van der Waals surface area (Å²) < 4.78 is 4.82. The lowest BCUT2D eigenvalue weighted by Crippen LogP contribution is -2.36. The van der Waals surface area contributed by atoms with Gasteiger partial charge in [0.15, 0.2) is 6.10 Å². The zero-order valence-electron chi connectivity index (χ0n) is 7.53. The Balaban J connectivity index is 0. The van der Waals surface area contributed by atoms with E-state index in [4.69, 9.17) is 15.6 Å². The molecule has 0 fully saturated rings. The van der Waals surface area contributed by atoms with Crippen molar-refractivity contribution in [2.75, 3.05) is 6.54 Å². The molecule has 1 unspecified atom stereocenters. The van der Waals surface area contributed by atoms with Gasteiger partial charge in [0.2, 0.25) is 0 Å². The van der Waals surface area contributed by atoms with E-state index in [2.05, 4.69) is 0 Å². The molecule has 1 atom stereocenters. The Labute approximate surface area is 78.5 Å². The summed E-state index contributed by atoms with van der Waals surface area (Å²) in [6, 6.07) is 0. The number of aliphatic hydroxyl groups excluding tert-OH is 1. The summed E-state index contributed by atoms with van der Waals surface area (Å²) in [5.74, 6) is -0.667. The van der Waals surface area contributed by atoms with Crippen molar-refractivity contribution in [1.29, 1.82) is 0 Å². The molecule has 0 aliphatic rings. The zero-order valence-corrected chi connectivity index (χ0v) is 8.35. The van der Waals surface area contributed by atoms with Gasteiger partial charge in [-0.1, -0.05) is 0 Å². The van der Waals surface area contributed by atoms with Crippen LogP contribution in [-0.2, 0) is 9.53 Å². The lowest BCUT2D eigenvalue weighted by atomic mass is 10.2. The van der Waals surface area contributed by atoms with E-state index < -0.39 is 17.7 Å². The number of rotatable bonds is 2. The lowest BCUT2D eigenvalue weighted by Gasteiger charge is -2.20. The van der Waals surface area contributed by atoms with Crippen molar-refractivity contribution in [3.05, 3.63) is 0 Å². The number of esters is 1. The molecule has 0 saturated heterocycles. The largest absolute Gasteiger partial charge is 0.458 e. The normalized spacial score (nSPS) is 13.1. The highest BCUT2D eigenvalue weighted by molar-refractivity contribution is 5.85. The highest BCUT2D eigenvalue weighted by Gasteiger charge is 2.21. The second-order valence-electron chi connectivity index (χ2n) is 3.28. The molecular weight excluding hydrogens is 182 g/mol. The Morgan fingerprint density at radius 3 is 2.25 bits per heavy atom. The molecule has 0 heterocycles. The summed E-state index contributed by atoms with van der Waals surface area (Å²) in [6.45, 7) is 5.09. The molecule has 5 heteroatoms. The van der Waals surface area contributed by atoms with E-state index >= 15 is 0 Å². The number of aliphatic hydroxyl groups is 1. The molecule has 0 aromatic heterocycles. The van der Waals surface area contributed by atoms with Gasteiger partial charge >= 0.3 is 5.97 Å². The van der Waals surface area contributed by atoms with E-state index in [0.717, 1.165) is 0 Å². The van der Waals surface area contributed by atoms with Crippen molar-refractivity contribution >= 4 is 18.4 Å². The first-order valence-corrected chi connectivity index (χ1v) is 3.48. The van der Waals surface area contributed by atoms with Gasteiger partial charge in [0.1, 0.15) is 5.60 Å². The third kappa shape index (κ3) is 6.39. The molecule has 0 aliphatic heterocycles. The van der Waals surface area contributed by atoms with Crippen LogP contribution in [-0.4, -0.2) is 29.3 Å². The number of nitrogens with two attached hydrogens (primary N) is 1. The average molecular weight is 198 g/mol. The Morgan fingerprint density at radius 2 is 2.00 bits per heavy atom. The number of ether oxygens (including phenoxy) is 1. The van der Waals surface area contributed by atoms with Crippen LogP contribution in [0.3, 0.4) is 0 Å². The van der Waals surface area contributed by atoms with Crippen LogP contribution in [0, 0.1) is 0 Å². The van der Waals surface area contributed by atoms with Gasteiger partial charge in [-0.2, -0.15) is 0 Å². The van der Waals surface area contributed by atoms with E-state index in [9.17, 15) is 4.79 Å². The first-order chi connectivity index (χ1) is 4.87. The van der Waals surface area contributed by atoms with Crippen LogP contribution in [0.2, 0.25) is 0 Å². The van der Waals surface area contributed by atoms with Crippen LogP contribution >= 0.6 is 12.4 Å². The number of hydrogen-bond donors (Lipinski definition) is 2. The van der Waals surface area contributed by atoms with E-state index in [1.165, 1.54) is 0 Å². The van der Waals surface area contributed by atoms with E-state index in [0.29, 0.717) is 0 Å². The Kier molecular flexibility index (Phi) is 6.34. The summed E-state index contributed by atoms with van der Waals surface area (Å²) in [6.07, 6.45) is -1.20. The molecule has 0 amide bonds. The molecule has 0 aromatic carbocycles. The van der Waals surface area contributed by atoms with E-state index in [1.54, 1.807) is 20.8 Å². The first kappa shape index (κ1) is 14.2. The highest BCUT2D eigenvalue weighted by Crippen LogP contribution is 2.07. The third-order valence-corrected chi connectivity index (χ3v) is 0.902. The smallest absolute Gasteiger partial charge is 0.336 e. The van der Waals surface area contributed by atoms with Crippen LogP contribution < -0.4 is 5.73 Å². The predicted molar refractivity (Wildman–Crippen MR) is 48.2 cm³/mol. The molecule has 0 rings (SSSR count). The fourth-order valence-electron chi connectivity index (χ4n) is 0.466. The van der Waals surface area contributed by atoms with Crippen LogP contribution in [0.25, 0.3) is 0 Å². The minimum absolute atomic E-state index is 0. The van der Waals surface area contributed by atoms with Gasteiger partial charge in [0, 0.05) is 6.54 Å². The van der Waals surface area contributed by atoms with Crippen LogP contribution in [0.4, 0.5) is 0 Å². The van der Waals surface area contributed by atoms with Gasteiger partial charge in [-0.25, -0.2) is 4.79 Å². The molecule has 0 bridgehead atoms. The molecule has 12 heavy (non-hydrogen) atoms. The molecule has 0 radical (unpaired) electrons. The number of carbonyl (C=O) groups excluding carboxylic acids is 1. The molecule has 74 valence electrons. The quantitative estimate of drug-likeness (QED) is 0.615. The van der Waals surface area contributed by atoms with Crippen molar-refractivity contribution < 1.29 is 14.6 Å². The topological polar surface area (TPSA) is 72.5 Å². The van der Waals surface area contributed by atoms with Crippen molar-refractivity contribution in [3.8, 4) is 0 Å². The molecule has 4 nitrogen and oxygen atoms in total. The molecule has 0 spiro atoms. The second kappa shape index (κ2) is 5.35. The Hall–Kier alpha value is -0.320. The second-order valence-corrected chi connectivity index (χ2v) is 3.28. The average Bonchev–Trinajstić information content (AvgIpc) is 1.82. The fourth-order valence-corrected chi connectivity index (χ4v) is 0.466. The predicted octanol–water partition coefficient (Wildman–Crippen LogP) is 0.0695. The van der Waals surface area contributed by atoms with Gasteiger partial charge in [-0.15, -0.1) is 12.4 Å². The van der Waals surface area contributed by atoms with E-state index in [1.807, 2.05) is 0 Å². The van der Waals surface area contributed by atoms with Gasteiger partial charge in [-0.3, -0.25) is 0 Å². The molecule has 0 aliphatic carbocycles. The first-order valence-electron chi connectivity index (χ1n) is 3.48. The SMILES string of the molecule is CC(C)(C)OC(=O)C(O)CN.Cl. The maximum atomic E-state index is 10.8. The Morgan fingerprint density at radius 1 is 1.58 bits per heavy atom. The van der Waals surface area contributed by atoms with E-state index in [-0.39, 0.29) is 19.0 Å². The van der Waals surface area contributed by atoms with Crippen molar-refractivity contribution in [3.63, 3.8) is 0 Å². The third-order valence-electron chi connectivity index (χ3n) is 0.902. The van der Waals surface area contributed by atoms with Crippen LogP contribution in [0.1, 0.15) is 20.8 Å². The van der Waals surface area contributed by atoms with Crippen LogP contribution in [0.15, 0.2) is 0 Å². The van der Waals surface area contributed by atoms with Crippen LogP contribution in [0.5, 0.6) is 0 Å². The zero-order chi connectivity index (χ0) is 9.07. The number of halogens is 1. The maximum absolute atomic E-state index is 10.8. The molecule has 0 aromatic rings. The fraction of sp³-hybridized carbons (Fsp3) is 0.857. The minimum Gasteiger partial charge on any atom is -0.458 e. The van der Waals surface area contributed by atoms with Crippen molar-refractivity contribution in [1.82, 2.24) is 0 Å². The summed E-state index contributed by atoms with van der Waals surface area (Å²) >= 11 is 0. The maximum Gasteiger partial charge on any atom is 0.336 e. The summed E-state index contributed by atoms with van der Waals surface area (Å²) in [7, 11) is 0. The van der Waals surface area contributed by atoms with Gasteiger partial charge in [0.05, 0.1) is 0 Å². The van der Waals surface area contributed by atoms with Crippen molar-refractivity contribution in [2.24, 2.45) is 5.73 Å². The highest BCUT2D eigenvalue weighted by atomic mass is 35.5. The van der Waals surface area contributed by atoms with Gasteiger partial charge in [-0.05, 0) is 20.8 Å². The Bertz CT molecular complexity index is 144. The standard InChI is InChI=1S/C7H15NO3.ClH/c1-7(2,3)11-6(10)5(9)4-8;/h5,9H,4,8H2,1-3H3;1H. The van der Waals surface area contributed by atoms with Gasteiger partial charge < -0.3 is 15.6 Å². The minimum atomic E-state index is -1.20. The lowest BCUT2D eigenvalue weighted by molar-refractivity contribution is -0.164. The monoisotopic (exact) mass is 197 g/mol. The molecule has 0 saturated carbocycles. The molecule has 3 N–H and O–H groups in total. The summed E-state index contributed by atoms with van der Waals surface area (Å²) in [5.41, 5.74) is 4.48. The number of hydrogen-bond acceptors (Lipinski definition) is 4. The molecular formula is C7H16ClNO3. The number of carbonyl (C=O) groups is 1. The summed E-state index contributed by atoms with van der Waals surface area (Å²) in [4.78, 5) is 10.8.